The third kappa shape index (κ3) is 3.37. The summed E-state index contributed by atoms with van der Waals surface area (Å²) in [6.07, 6.45) is 3.88. The molecule has 0 radical (unpaired) electrons. The highest BCUT2D eigenvalue weighted by molar-refractivity contribution is 9.10. The van der Waals surface area contributed by atoms with Gasteiger partial charge in [0.15, 0.2) is 0 Å². The summed E-state index contributed by atoms with van der Waals surface area (Å²) in [4.78, 5) is 0.280. The maximum absolute atomic E-state index is 12.7. The van der Waals surface area contributed by atoms with Crippen LogP contribution < -0.4 is 0 Å². The van der Waals surface area contributed by atoms with Gasteiger partial charge in [0.05, 0.1) is 11.5 Å². The average Bonchev–Trinajstić information content (AvgIpc) is 2.89. The highest BCUT2D eigenvalue weighted by Gasteiger charge is 2.32. The maximum atomic E-state index is 12.7. The Balaban J connectivity index is 2.33. The smallest absolute Gasteiger partial charge is 0.243 e. The van der Waals surface area contributed by atoms with E-state index in [0.29, 0.717) is 0 Å². The molecule has 106 valence electrons. The Morgan fingerprint density at radius 3 is 2.58 bits per heavy atom. The Morgan fingerprint density at radius 1 is 1.32 bits per heavy atom. The van der Waals surface area contributed by atoms with Crippen molar-refractivity contribution in [1.82, 2.24) is 4.31 Å². The largest absolute Gasteiger partial charge is 0.395 e. The molecule has 19 heavy (non-hydrogen) atoms. The molecule has 1 aliphatic carbocycles. The van der Waals surface area contributed by atoms with Crippen LogP contribution in [-0.4, -0.2) is 37.0 Å². The summed E-state index contributed by atoms with van der Waals surface area (Å²) in [6, 6.07) is 6.73. The first-order valence-electron chi connectivity index (χ1n) is 6.44. The third-order valence-electron chi connectivity index (χ3n) is 3.46. The molecule has 0 bridgehead atoms. The fraction of sp³-hybridized carbons (Fsp3) is 0.538. The lowest BCUT2D eigenvalue weighted by Gasteiger charge is -2.27. The van der Waals surface area contributed by atoms with Crippen LogP contribution in [0.15, 0.2) is 33.6 Å². The van der Waals surface area contributed by atoms with Gasteiger partial charge in [-0.2, -0.15) is 4.31 Å². The lowest BCUT2D eigenvalue weighted by Crippen LogP contribution is -2.40. The molecule has 1 fully saturated rings. The molecule has 0 heterocycles. The molecule has 1 aromatic carbocycles. The molecule has 0 saturated heterocycles. The quantitative estimate of drug-likeness (QED) is 0.889. The van der Waals surface area contributed by atoms with E-state index in [0.717, 1.165) is 30.2 Å². The summed E-state index contributed by atoms with van der Waals surface area (Å²) >= 11 is 3.29. The van der Waals surface area contributed by atoms with Gasteiger partial charge in [-0.1, -0.05) is 34.8 Å². The first kappa shape index (κ1) is 15.0. The van der Waals surface area contributed by atoms with Crippen LogP contribution in [0.3, 0.4) is 0 Å². The molecule has 0 amide bonds. The van der Waals surface area contributed by atoms with Gasteiger partial charge in [0.2, 0.25) is 10.0 Å². The van der Waals surface area contributed by atoms with Crippen molar-refractivity contribution in [1.29, 1.82) is 0 Å². The predicted octanol–water partition coefficient (Wildman–Crippen LogP) is 2.37. The lowest BCUT2D eigenvalue weighted by atomic mass is 10.2. The molecular weight excluding hydrogens is 330 g/mol. The van der Waals surface area contributed by atoms with Crippen LogP contribution in [-0.2, 0) is 10.0 Å². The minimum absolute atomic E-state index is 0.0242. The Bertz CT molecular complexity index is 526. The third-order valence-corrected chi connectivity index (χ3v) is 5.90. The molecule has 1 aromatic rings. The van der Waals surface area contributed by atoms with Crippen molar-refractivity contribution in [3.63, 3.8) is 0 Å². The van der Waals surface area contributed by atoms with Crippen molar-refractivity contribution in [3.8, 4) is 0 Å². The molecule has 0 aromatic heterocycles. The Kier molecular flexibility index (Phi) is 5.00. The number of aliphatic hydroxyl groups is 1. The monoisotopic (exact) mass is 347 g/mol. The number of halogens is 1. The minimum Gasteiger partial charge on any atom is -0.395 e. The molecule has 4 nitrogen and oxygen atoms in total. The molecule has 0 unspecified atom stereocenters. The summed E-state index contributed by atoms with van der Waals surface area (Å²) in [7, 11) is -3.53. The van der Waals surface area contributed by atoms with E-state index in [1.165, 1.54) is 4.31 Å². The van der Waals surface area contributed by atoms with Gasteiger partial charge in [0, 0.05) is 17.1 Å². The number of nitrogens with zero attached hydrogens (tertiary/aromatic N) is 1. The van der Waals surface area contributed by atoms with Gasteiger partial charge in [-0.15, -0.1) is 0 Å². The molecular formula is C13H18BrNO3S. The van der Waals surface area contributed by atoms with E-state index in [-0.39, 0.29) is 24.1 Å². The molecule has 6 heteroatoms. The highest BCUT2D eigenvalue weighted by atomic mass is 79.9. The molecule has 0 atom stereocenters. The zero-order valence-electron chi connectivity index (χ0n) is 10.6. The van der Waals surface area contributed by atoms with E-state index in [1.54, 1.807) is 24.3 Å². The van der Waals surface area contributed by atoms with E-state index in [1.807, 2.05) is 0 Å². The zero-order valence-corrected chi connectivity index (χ0v) is 13.0. The zero-order chi connectivity index (χ0) is 13.9. The van der Waals surface area contributed by atoms with Crippen molar-refractivity contribution in [3.05, 3.63) is 28.7 Å². The number of hydrogen-bond donors (Lipinski definition) is 1. The van der Waals surface area contributed by atoms with Crippen molar-refractivity contribution < 1.29 is 13.5 Å². The molecule has 0 aliphatic heterocycles. The van der Waals surface area contributed by atoms with Crippen LogP contribution in [0.25, 0.3) is 0 Å². The number of sulfonamides is 1. The summed E-state index contributed by atoms with van der Waals surface area (Å²) in [5.74, 6) is 0. The molecule has 1 aliphatic rings. The first-order chi connectivity index (χ1) is 9.05. The first-order valence-corrected chi connectivity index (χ1v) is 8.67. The minimum atomic E-state index is -3.53. The second-order valence-electron chi connectivity index (χ2n) is 4.74. The van der Waals surface area contributed by atoms with Crippen LogP contribution >= 0.6 is 15.9 Å². The van der Waals surface area contributed by atoms with E-state index < -0.39 is 10.0 Å². The summed E-state index contributed by atoms with van der Waals surface area (Å²) < 4.78 is 27.5. The van der Waals surface area contributed by atoms with Gasteiger partial charge in [0.1, 0.15) is 0 Å². The van der Waals surface area contributed by atoms with Crippen LogP contribution in [0, 0.1) is 0 Å². The maximum Gasteiger partial charge on any atom is 0.243 e. The van der Waals surface area contributed by atoms with E-state index in [4.69, 9.17) is 5.11 Å². The van der Waals surface area contributed by atoms with Crippen molar-refractivity contribution >= 4 is 26.0 Å². The number of hydrogen-bond acceptors (Lipinski definition) is 3. The lowest BCUT2D eigenvalue weighted by molar-refractivity contribution is 0.226. The van der Waals surface area contributed by atoms with Gasteiger partial charge in [-0.3, -0.25) is 0 Å². The summed E-state index contributed by atoms with van der Waals surface area (Å²) in [5.41, 5.74) is 0. The van der Waals surface area contributed by atoms with Crippen LogP contribution in [0.1, 0.15) is 25.7 Å². The number of benzene rings is 1. The topological polar surface area (TPSA) is 57.6 Å². The van der Waals surface area contributed by atoms with Gasteiger partial charge in [-0.05, 0) is 31.0 Å². The van der Waals surface area contributed by atoms with E-state index in [2.05, 4.69) is 15.9 Å². The summed E-state index contributed by atoms with van der Waals surface area (Å²) in [5, 5.41) is 9.15. The second kappa shape index (κ2) is 6.35. The van der Waals surface area contributed by atoms with E-state index in [9.17, 15) is 8.42 Å². The van der Waals surface area contributed by atoms with Crippen LogP contribution in [0.5, 0.6) is 0 Å². The number of rotatable bonds is 5. The van der Waals surface area contributed by atoms with Gasteiger partial charge in [-0.25, -0.2) is 8.42 Å². The molecule has 2 rings (SSSR count). The molecule has 1 N–H and O–H groups in total. The average molecular weight is 348 g/mol. The van der Waals surface area contributed by atoms with Crippen molar-refractivity contribution in [2.24, 2.45) is 0 Å². The van der Waals surface area contributed by atoms with Crippen molar-refractivity contribution in [2.45, 2.75) is 36.6 Å². The van der Waals surface area contributed by atoms with Gasteiger partial charge >= 0.3 is 0 Å². The van der Waals surface area contributed by atoms with E-state index >= 15 is 0 Å². The van der Waals surface area contributed by atoms with Gasteiger partial charge in [0.25, 0.3) is 0 Å². The predicted molar refractivity (Wildman–Crippen MR) is 77.4 cm³/mol. The standard InChI is InChI=1S/C13H18BrNO3S/c14-11-4-3-7-13(10-11)19(17,18)15(8-9-16)12-5-1-2-6-12/h3-4,7,10,12,16H,1-2,5-6,8-9H2. The Hall–Kier alpha value is -0.430. The number of aliphatic hydroxyl groups excluding tert-OH is 1. The molecule has 1 saturated carbocycles. The summed E-state index contributed by atoms with van der Waals surface area (Å²) in [6.45, 7) is 0.0171. The fourth-order valence-electron chi connectivity index (χ4n) is 2.55. The second-order valence-corrected chi connectivity index (χ2v) is 7.54. The van der Waals surface area contributed by atoms with Crippen molar-refractivity contribution in [2.75, 3.05) is 13.2 Å². The fourth-order valence-corrected chi connectivity index (χ4v) is 4.83. The SMILES string of the molecule is O=S(=O)(c1cccc(Br)c1)N(CCO)C1CCCC1. The normalized spacial score (nSPS) is 17.2. The molecule has 0 spiro atoms. The Labute approximate surface area is 122 Å². The van der Waals surface area contributed by atoms with Gasteiger partial charge < -0.3 is 5.11 Å². The van der Waals surface area contributed by atoms with Crippen LogP contribution in [0.2, 0.25) is 0 Å². The highest BCUT2D eigenvalue weighted by Crippen LogP contribution is 2.29. The van der Waals surface area contributed by atoms with Crippen LogP contribution in [0.4, 0.5) is 0 Å². The Morgan fingerprint density at radius 2 is 2.00 bits per heavy atom.